The van der Waals surface area contributed by atoms with Gasteiger partial charge in [0, 0.05) is 19.1 Å². The molecule has 1 aliphatic carbocycles. The Bertz CT molecular complexity index is 1090. The Balaban J connectivity index is 1.14. The monoisotopic (exact) mass is 451 g/mol. The lowest BCUT2D eigenvalue weighted by molar-refractivity contribution is -0.149. The molecule has 1 saturated carbocycles. The summed E-state index contributed by atoms with van der Waals surface area (Å²) in [6, 6.07) is 16.3. The number of carbonyl (C=O) groups excluding carboxylic acids is 1. The van der Waals surface area contributed by atoms with Crippen molar-refractivity contribution in [3.63, 3.8) is 0 Å². The van der Waals surface area contributed by atoms with Gasteiger partial charge in [-0.15, -0.1) is 0 Å². The highest BCUT2D eigenvalue weighted by Crippen LogP contribution is 2.49. The molecule has 1 amide bonds. The summed E-state index contributed by atoms with van der Waals surface area (Å²) in [6.07, 6.45) is 2.07. The number of likely N-dealkylation sites (tertiary alicyclic amines) is 1. The standard InChI is InChI=1S/C25H29N3O3S/c1-25(2,30)23(29)28-15-17-13-19(17)21(28)14-26-11-10-16-6-5-7-18(12-16)31-24-27-20-8-3-4-9-22(20)32-24/h3-9,12,17,19,21,26,30H,10-11,13-15H2,1-2H3. The van der Waals surface area contributed by atoms with E-state index in [4.69, 9.17) is 4.74 Å². The van der Waals surface area contributed by atoms with Crippen molar-refractivity contribution >= 4 is 27.5 Å². The van der Waals surface area contributed by atoms with Crippen molar-refractivity contribution in [2.75, 3.05) is 19.6 Å². The van der Waals surface area contributed by atoms with Crippen LogP contribution < -0.4 is 10.1 Å². The van der Waals surface area contributed by atoms with E-state index in [1.54, 1.807) is 25.2 Å². The van der Waals surface area contributed by atoms with Crippen molar-refractivity contribution in [3.05, 3.63) is 54.1 Å². The molecule has 2 aromatic carbocycles. The van der Waals surface area contributed by atoms with Crippen molar-refractivity contribution in [1.82, 2.24) is 15.2 Å². The molecule has 1 aromatic heterocycles. The molecule has 5 rings (SSSR count). The second-order valence-corrected chi connectivity index (χ2v) is 10.4. The van der Waals surface area contributed by atoms with Crippen LogP contribution in [0.25, 0.3) is 10.2 Å². The molecule has 32 heavy (non-hydrogen) atoms. The summed E-state index contributed by atoms with van der Waals surface area (Å²) in [5.41, 5.74) is 0.838. The van der Waals surface area contributed by atoms with E-state index in [1.807, 2.05) is 41.3 Å². The van der Waals surface area contributed by atoms with Crippen LogP contribution in [0.1, 0.15) is 25.8 Å². The van der Waals surface area contributed by atoms with Crippen molar-refractivity contribution in [1.29, 1.82) is 0 Å². The fraction of sp³-hybridized carbons (Fsp3) is 0.440. The summed E-state index contributed by atoms with van der Waals surface area (Å²) in [6.45, 7) is 5.53. The number of thiazole rings is 1. The van der Waals surface area contributed by atoms with Gasteiger partial charge in [-0.25, -0.2) is 4.98 Å². The highest BCUT2D eigenvalue weighted by atomic mass is 32.1. The van der Waals surface area contributed by atoms with Crippen LogP contribution in [0.15, 0.2) is 48.5 Å². The zero-order chi connectivity index (χ0) is 22.3. The van der Waals surface area contributed by atoms with Crippen LogP contribution in [-0.2, 0) is 11.2 Å². The number of aromatic nitrogens is 1. The number of fused-ring (bicyclic) bond motifs is 2. The first-order chi connectivity index (χ1) is 15.4. The van der Waals surface area contributed by atoms with E-state index in [2.05, 4.69) is 22.4 Å². The molecular formula is C25H29N3O3S. The fourth-order valence-corrected chi connectivity index (χ4v) is 5.50. The van der Waals surface area contributed by atoms with E-state index < -0.39 is 5.60 Å². The van der Waals surface area contributed by atoms with E-state index in [1.165, 1.54) is 12.0 Å². The maximum absolute atomic E-state index is 12.6. The minimum atomic E-state index is -1.31. The van der Waals surface area contributed by atoms with Gasteiger partial charge < -0.3 is 20.1 Å². The van der Waals surface area contributed by atoms with Crippen LogP contribution in [0.3, 0.4) is 0 Å². The number of piperidine rings is 1. The van der Waals surface area contributed by atoms with Crippen molar-refractivity contribution in [3.8, 4) is 10.9 Å². The number of hydrogen-bond donors (Lipinski definition) is 2. The molecule has 3 aromatic rings. The first-order valence-electron chi connectivity index (χ1n) is 11.2. The molecule has 6 nitrogen and oxygen atoms in total. The molecule has 0 radical (unpaired) electrons. The van der Waals surface area contributed by atoms with Gasteiger partial charge in [0.2, 0.25) is 0 Å². The molecule has 3 atom stereocenters. The average Bonchev–Trinajstić information content (AvgIpc) is 3.26. The second kappa shape index (κ2) is 8.46. The van der Waals surface area contributed by atoms with E-state index >= 15 is 0 Å². The number of ether oxygens (including phenoxy) is 1. The van der Waals surface area contributed by atoms with E-state index in [-0.39, 0.29) is 11.9 Å². The summed E-state index contributed by atoms with van der Waals surface area (Å²) in [7, 11) is 0. The molecule has 2 N–H and O–H groups in total. The molecule has 3 unspecified atom stereocenters. The van der Waals surface area contributed by atoms with Crippen LogP contribution >= 0.6 is 11.3 Å². The molecule has 0 spiro atoms. The summed E-state index contributed by atoms with van der Waals surface area (Å²) in [5, 5.41) is 14.3. The van der Waals surface area contributed by atoms with Gasteiger partial charge in [-0.1, -0.05) is 35.6 Å². The number of rotatable bonds is 8. The number of nitrogens with one attached hydrogen (secondary N) is 1. The Kier molecular flexibility index (Phi) is 5.65. The number of hydrogen-bond acceptors (Lipinski definition) is 6. The van der Waals surface area contributed by atoms with Crippen molar-refractivity contribution < 1.29 is 14.6 Å². The van der Waals surface area contributed by atoms with Gasteiger partial charge in [0.1, 0.15) is 11.4 Å². The quantitative estimate of drug-likeness (QED) is 0.509. The molecule has 1 aliphatic heterocycles. The Morgan fingerprint density at radius 1 is 1.28 bits per heavy atom. The average molecular weight is 452 g/mol. The van der Waals surface area contributed by atoms with Crippen LogP contribution in [0.5, 0.6) is 10.9 Å². The first-order valence-corrected chi connectivity index (χ1v) is 12.1. The number of carbonyl (C=O) groups is 1. The molecule has 7 heteroatoms. The van der Waals surface area contributed by atoms with Crippen molar-refractivity contribution in [2.24, 2.45) is 11.8 Å². The largest absolute Gasteiger partial charge is 0.431 e. The highest BCUT2D eigenvalue weighted by molar-refractivity contribution is 7.20. The van der Waals surface area contributed by atoms with Crippen LogP contribution in [0, 0.1) is 11.8 Å². The lowest BCUT2D eigenvalue weighted by Gasteiger charge is -2.32. The topological polar surface area (TPSA) is 74.7 Å². The van der Waals surface area contributed by atoms with Crippen LogP contribution in [0.2, 0.25) is 0 Å². The summed E-state index contributed by atoms with van der Waals surface area (Å²) >= 11 is 1.55. The van der Waals surface area contributed by atoms with Gasteiger partial charge in [-0.3, -0.25) is 4.79 Å². The zero-order valence-electron chi connectivity index (χ0n) is 18.5. The fourth-order valence-electron chi connectivity index (χ4n) is 4.66. The maximum atomic E-state index is 12.6. The highest BCUT2D eigenvalue weighted by Gasteiger charge is 2.54. The minimum Gasteiger partial charge on any atom is -0.431 e. The summed E-state index contributed by atoms with van der Waals surface area (Å²) in [4.78, 5) is 19.0. The lowest BCUT2D eigenvalue weighted by atomic mass is 10.1. The molecule has 2 heterocycles. The van der Waals surface area contributed by atoms with Gasteiger partial charge >= 0.3 is 0 Å². The third kappa shape index (κ3) is 4.51. The van der Waals surface area contributed by atoms with E-state index in [0.29, 0.717) is 17.0 Å². The van der Waals surface area contributed by atoms with E-state index in [0.717, 1.165) is 42.0 Å². The van der Waals surface area contributed by atoms with Gasteiger partial charge in [-0.05, 0) is 74.9 Å². The van der Waals surface area contributed by atoms with Crippen LogP contribution in [-0.4, -0.2) is 52.2 Å². The summed E-state index contributed by atoms with van der Waals surface area (Å²) < 4.78 is 7.12. The second-order valence-electron chi connectivity index (χ2n) is 9.39. The first kappa shape index (κ1) is 21.4. The molecule has 0 bridgehead atoms. The Morgan fingerprint density at radius 2 is 2.12 bits per heavy atom. The van der Waals surface area contributed by atoms with Crippen molar-refractivity contribution in [2.45, 2.75) is 38.3 Å². The minimum absolute atomic E-state index is 0.156. The molecule has 2 aliphatic rings. The molecule has 168 valence electrons. The number of aliphatic hydroxyl groups is 1. The number of para-hydroxylation sites is 1. The number of nitrogens with zero attached hydrogens (tertiary/aromatic N) is 2. The summed E-state index contributed by atoms with van der Waals surface area (Å²) in [5.74, 6) is 1.83. The number of benzene rings is 2. The maximum Gasteiger partial charge on any atom is 0.279 e. The van der Waals surface area contributed by atoms with Gasteiger partial charge in [0.15, 0.2) is 0 Å². The molecular weight excluding hydrogens is 422 g/mol. The third-order valence-corrected chi connectivity index (χ3v) is 7.32. The predicted octanol–water partition coefficient (Wildman–Crippen LogP) is 3.84. The Morgan fingerprint density at radius 3 is 2.94 bits per heavy atom. The normalized spacial score (nSPS) is 22.2. The predicted molar refractivity (Wildman–Crippen MR) is 126 cm³/mol. The molecule has 1 saturated heterocycles. The van der Waals surface area contributed by atoms with Gasteiger partial charge in [0.05, 0.1) is 10.2 Å². The number of amides is 1. The molecule has 2 fully saturated rings. The SMILES string of the molecule is CC(C)(O)C(=O)N1CC2CC2C1CNCCc1cccc(Oc2nc3ccccc3s2)c1. The van der Waals surface area contributed by atoms with Gasteiger partial charge in [-0.2, -0.15) is 0 Å². The Labute approximate surface area is 192 Å². The third-order valence-electron chi connectivity index (χ3n) is 6.41. The van der Waals surface area contributed by atoms with E-state index in [9.17, 15) is 9.90 Å². The lowest BCUT2D eigenvalue weighted by Crippen LogP contribution is -2.51. The zero-order valence-corrected chi connectivity index (χ0v) is 19.3. The van der Waals surface area contributed by atoms with Crippen LogP contribution in [0.4, 0.5) is 0 Å². The smallest absolute Gasteiger partial charge is 0.279 e. The Hall–Kier alpha value is -2.48. The van der Waals surface area contributed by atoms with Gasteiger partial charge in [0.25, 0.3) is 11.1 Å².